The van der Waals surface area contributed by atoms with Crippen LogP contribution in [0.2, 0.25) is 11.6 Å². The van der Waals surface area contributed by atoms with Crippen molar-refractivity contribution < 1.29 is 36.9 Å². The van der Waals surface area contributed by atoms with Gasteiger partial charge in [0.2, 0.25) is 14.9 Å². The van der Waals surface area contributed by atoms with Gasteiger partial charge in [-0.25, -0.2) is 13.2 Å². The van der Waals surface area contributed by atoms with Crippen LogP contribution in [0.25, 0.3) is 0 Å². The number of ether oxygens (including phenoxy) is 1. The molecule has 41 heavy (non-hydrogen) atoms. The molecule has 2 atom stereocenters. The molecule has 1 aromatic rings. The van der Waals surface area contributed by atoms with Gasteiger partial charge in [-0.1, -0.05) is 43.4 Å². The van der Waals surface area contributed by atoms with Gasteiger partial charge in [0, 0.05) is 18.2 Å². The van der Waals surface area contributed by atoms with E-state index >= 15 is 0 Å². The normalized spacial score (nSPS) is 18.3. The van der Waals surface area contributed by atoms with E-state index in [-0.39, 0.29) is 23.8 Å². The zero-order valence-corrected chi connectivity index (χ0v) is 26.3. The minimum atomic E-state index is -4.79. The first-order valence-electron chi connectivity index (χ1n) is 12.8. The van der Waals surface area contributed by atoms with Crippen molar-refractivity contribution in [2.45, 2.75) is 75.7 Å². The number of carbonyl (C=O) groups excluding carboxylic acids is 2. The summed E-state index contributed by atoms with van der Waals surface area (Å²) in [5.74, 6) is -0.966. The van der Waals surface area contributed by atoms with Crippen LogP contribution in [0.3, 0.4) is 0 Å². The highest BCUT2D eigenvalue weighted by Gasteiger charge is 2.45. The van der Waals surface area contributed by atoms with Crippen LogP contribution < -0.4 is 5.73 Å². The Hall–Kier alpha value is -3.11. The summed E-state index contributed by atoms with van der Waals surface area (Å²) in [4.78, 5) is 43.0. The van der Waals surface area contributed by atoms with Crippen molar-refractivity contribution >= 4 is 36.8 Å². The Kier molecular flexibility index (Phi) is 11.0. The summed E-state index contributed by atoms with van der Waals surface area (Å²) in [5.41, 5.74) is 3.94. The summed E-state index contributed by atoms with van der Waals surface area (Å²) < 4.78 is 39.9. The zero-order valence-electron chi connectivity index (χ0n) is 24.4. The number of nitrogens with two attached hydrogens (primary N) is 1. The van der Waals surface area contributed by atoms with E-state index in [0.717, 1.165) is 12.1 Å². The van der Waals surface area contributed by atoms with Gasteiger partial charge in [0.1, 0.15) is 5.60 Å². The quantitative estimate of drug-likeness (QED) is 0.170. The van der Waals surface area contributed by atoms with E-state index in [2.05, 4.69) is 6.58 Å². The summed E-state index contributed by atoms with van der Waals surface area (Å²) in [7, 11) is -6.16. The Bertz CT molecular complexity index is 1290. The molecule has 0 spiro atoms. The second-order valence-corrected chi connectivity index (χ2v) is 16.0. The lowest BCUT2D eigenvalue weighted by Crippen LogP contribution is -2.58. The molecule has 1 aliphatic heterocycles. The van der Waals surface area contributed by atoms with Gasteiger partial charge in [0.15, 0.2) is 4.90 Å². The minimum absolute atomic E-state index is 0.00473. The number of hydrogen-bond acceptors (Lipinski definition) is 9. The predicted octanol–water partition coefficient (Wildman–Crippen LogP) is 3.54. The van der Waals surface area contributed by atoms with Crippen LogP contribution in [0.1, 0.15) is 41.5 Å². The third-order valence-electron chi connectivity index (χ3n) is 6.09. The lowest BCUT2D eigenvalue weighted by Gasteiger charge is -2.41. The summed E-state index contributed by atoms with van der Waals surface area (Å²) >= 11 is 0. The van der Waals surface area contributed by atoms with Crippen LogP contribution in [-0.4, -0.2) is 81.2 Å². The van der Waals surface area contributed by atoms with Crippen molar-refractivity contribution in [3.05, 3.63) is 58.7 Å². The Morgan fingerprint density at radius 1 is 1.24 bits per heavy atom. The fourth-order valence-electron chi connectivity index (χ4n) is 3.73. The van der Waals surface area contributed by atoms with Crippen molar-refractivity contribution in [2.24, 2.45) is 5.73 Å². The molecule has 0 aromatic heterocycles. The largest absolute Gasteiger partial charge is 0.444 e. The first kappa shape index (κ1) is 34.1. The number of sulfonamides is 1. The third-order valence-corrected chi connectivity index (χ3v) is 10.5. The number of hydrogen-bond donors (Lipinski definition) is 1. The molecule has 0 saturated carbocycles. The number of amides is 2. The zero-order chi connectivity index (χ0) is 31.3. The van der Waals surface area contributed by atoms with E-state index in [1.54, 1.807) is 20.8 Å². The summed E-state index contributed by atoms with van der Waals surface area (Å²) in [6.45, 7) is 15.8. The molecule has 1 heterocycles. The molecule has 0 aliphatic carbocycles. The summed E-state index contributed by atoms with van der Waals surface area (Å²) in [5, 5.41) is 11.5. The average Bonchev–Trinajstić information content (AvgIpc) is 2.85. The molecule has 227 valence electrons. The van der Waals surface area contributed by atoms with Gasteiger partial charge in [0.25, 0.3) is 15.7 Å². The molecule has 0 saturated heterocycles. The molecule has 2 N–H and O–H groups in total. The molecule has 15 heteroatoms. The Balaban J connectivity index is 2.70. The van der Waals surface area contributed by atoms with Crippen LogP contribution in [0.15, 0.2) is 53.5 Å². The van der Waals surface area contributed by atoms with Crippen molar-refractivity contribution in [1.29, 1.82) is 0 Å². The van der Waals surface area contributed by atoms with Crippen LogP contribution in [0, 0.1) is 10.1 Å². The number of nitro groups is 1. The number of rotatable bonds is 11. The number of hydroxylamine groups is 1. The molecule has 13 nitrogen and oxygen atoms in total. The van der Waals surface area contributed by atoms with Gasteiger partial charge in [-0.15, -0.1) is 6.58 Å². The van der Waals surface area contributed by atoms with Crippen molar-refractivity contribution in [3.63, 3.8) is 0 Å². The molecular weight excluding hydrogens is 572 g/mol. The maximum Gasteiger partial charge on any atom is 0.410 e. The van der Waals surface area contributed by atoms with Crippen LogP contribution >= 0.6 is 0 Å². The molecular formula is C26H39N4O9SSi. The van der Waals surface area contributed by atoms with Gasteiger partial charge in [0.05, 0.1) is 30.2 Å². The van der Waals surface area contributed by atoms with Gasteiger partial charge >= 0.3 is 6.09 Å². The molecule has 0 fully saturated rings. The van der Waals surface area contributed by atoms with E-state index in [4.69, 9.17) is 19.7 Å². The molecule has 1 aliphatic rings. The highest BCUT2D eigenvalue weighted by molar-refractivity contribution is 7.89. The highest BCUT2D eigenvalue weighted by Crippen LogP contribution is 2.33. The Morgan fingerprint density at radius 3 is 2.37 bits per heavy atom. The maximum absolute atomic E-state index is 13.9. The van der Waals surface area contributed by atoms with Crippen molar-refractivity contribution in [2.75, 3.05) is 19.8 Å². The standard InChI is InChI=1S/C26H39N4O9SSi/c1-9-14-37-30(40(35,36)22-13-11-10-12-20(22)29(33)34)21-16-28(24(32)39-25(2,3)4)18(15-19(21)23(27)31)17-38-41(8)26(5,6)7/h9-13,15,18,21H,1,14,16-17H2,2-8H3,(H2,27,31)/t18-,21-/m0/s1. The second-order valence-electron chi connectivity index (χ2n) is 11.4. The smallest absolute Gasteiger partial charge is 0.410 e. The number of para-hydroxylation sites is 1. The van der Waals surface area contributed by atoms with E-state index in [9.17, 15) is 28.1 Å². The Labute approximate surface area is 242 Å². The highest BCUT2D eigenvalue weighted by atomic mass is 32.2. The molecule has 1 aromatic carbocycles. The number of nitro benzene ring substituents is 1. The van der Waals surface area contributed by atoms with Gasteiger partial charge < -0.3 is 14.9 Å². The molecule has 0 unspecified atom stereocenters. The van der Waals surface area contributed by atoms with E-state index in [0.29, 0.717) is 4.47 Å². The van der Waals surface area contributed by atoms with E-state index < -0.39 is 70.8 Å². The first-order valence-corrected chi connectivity index (χ1v) is 16.2. The number of benzene rings is 1. The SMILES string of the molecule is C=CCON([C@H]1CN(C(=O)OC(C)(C)C)[C@H](CO[Si](C)C(C)(C)C)C=C1C(N)=O)S(=O)(=O)c1ccccc1[N+](=O)[O-]. The predicted molar refractivity (Wildman–Crippen MR) is 153 cm³/mol. The fourth-order valence-corrected chi connectivity index (χ4v) is 6.15. The lowest BCUT2D eigenvalue weighted by molar-refractivity contribution is -0.388. The van der Waals surface area contributed by atoms with Crippen molar-refractivity contribution in [3.8, 4) is 0 Å². The second kappa shape index (κ2) is 13.2. The van der Waals surface area contributed by atoms with Gasteiger partial charge in [-0.05, 0) is 44.5 Å². The topological polar surface area (TPSA) is 172 Å². The Morgan fingerprint density at radius 2 is 1.85 bits per heavy atom. The van der Waals surface area contributed by atoms with E-state index in [1.165, 1.54) is 29.2 Å². The number of nitrogens with zero attached hydrogens (tertiary/aromatic N) is 3. The average molecular weight is 612 g/mol. The van der Waals surface area contributed by atoms with Crippen LogP contribution in [-0.2, 0) is 28.8 Å². The number of primary amides is 1. The molecule has 2 amide bonds. The third kappa shape index (κ3) is 8.69. The molecule has 0 bridgehead atoms. The minimum Gasteiger partial charge on any atom is -0.444 e. The molecule has 1 radical (unpaired) electrons. The van der Waals surface area contributed by atoms with E-state index in [1.807, 2.05) is 27.3 Å². The van der Waals surface area contributed by atoms with Gasteiger partial charge in [-0.2, -0.15) is 0 Å². The van der Waals surface area contributed by atoms with Crippen LogP contribution in [0.5, 0.6) is 0 Å². The van der Waals surface area contributed by atoms with Crippen LogP contribution in [0.4, 0.5) is 10.5 Å². The maximum atomic E-state index is 13.9. The van der Waals surface area contributed by atoms with Gasteiger partial charge in [-0.3, -0.25) is 24.6 Å². The summed E-state index contributed by atoms with van der Waals surface area (Å²) in [6, 6.07) is 2.40. The fraction of sp³-hybridized carbons (Fsp3) is 0.538. The summed E-state index contributed by atoms with van der Waals surface area (Å²) in [6.07, 6.45) is 1.83. The molecule has 2 rings (SSSR count). The number of carbonyl (C=O) groups is 2. The monoisotopic (exact) mass is 611 g/mol. The first-order chi connectivity index (χ1) is 18.8. The lowest BCUT2D eigenvalue weighted by atomic mass is 9.98. The van der Waals surface area contributed by atoms with Crippen molar-refractivity contribution in [1.82, 2.24) is 9.37 Å².